The zero-order chi connectivity index (χ0) is 15.9. The van der Waals surface area contributed by atoms with Gasteiger partial charge in [-0.25, -0.2) is 4.98 Å². The number of ether oxygens (including phenoxy) is 2. The summed E-state index contributed by atoms with van der Waals surface area (Å²) in [7, 11) is 3.32. The van der Waals surface area contributed by atoms with Crippen LogP contribution in [0, 0.1) is 0 Å². The number of imidazole rings is 1. The fourth-order valence-electron chi connectivity index (χ4n) is 2.77. The molecule has 0 radical (unpaired) electrons. The largest absolute Gasteiger partial charge is 0.493 e. The number of hydrogen-bond acceptors (Lipinski definition) is 4. The van der Waals surface area contributed by atoms with Crippen LogP contribution in [-0.4, -0.2) is 30.3 Å². The van der Waals surface area contributed by atoms with Crippen LogP contribution in [0.1, 0.15) is 38.4 Å². The number of aryl methyl sites for hydroxylation is 2. The van der Waals surface area contributed by atoms with E-state index in [9.17, 15) is 0 Å². The normalized spacial score (nSPS) is 11.1. The molecule has 0 bridgehead atoms. The van der Waals surface area contributed by atoms with Gasteiger partial charge in [0.05, 0.1) is 25.3 Å². The molecule has 0 spiro atoms. The lowest BCUT2D eigenvalue weighted by Crippen LogP contribution is -2.04. The molecule has 0 aliphatic rings. The van der Waals surface area contributed by atoms with Gasteiger partial charge in [-0.3, -0.25) is 0 Å². The summed E-state index contributed by atoms with van der Waals surface area (Å²) in [6, 6.07) is 3.99. The summed E-state index contributed by atoms with van der Waals surface area (Å²) < 4.78 is 13.1. The third-order valence-corrected chi connectivity index (χ3v) is 3.88. The Morgan fingerprint density at radius 1 is 1.09 bits per heavy atom. The fraction of sp³-hybridized carbons (Fsp3) is 0.588. The third kappa shape index (κ3) is 3.53. The quantitative estimate of drug-likeness (QED) is 0.723. The van der Waals surface area contributed by atoms with E-state index in [1.165, 1.54) is 0 Å². The average molecular weight is 305 g/mol. The van der Waals surface area contributed by atoms with Crippen LogP contribution in [0.3, 0.4) is 0 Å². The van der Waals surface area contributed by atoms with Gasteiger partial charge in [0, 0.05) is 25.1 Å². The van der Waals surface area contributed by atoms with Gasteiger partial charge in [0.25, 0.3) is 0 Å². The van der Waals surface area contributed by atoms with Crippen molar-refractivity contribution in [3.63, 3.8) is 0 Å². The van der Waals surface area contributed by atoms with Gasteiger partial charge in [-0.2, -0.15) is 0 Å². The number of nitrogens with zero attached hydrogens (tertiary/aromatic N) is 2. The molecule has 2 N–H and O–H groups in total. The minimum Gasteiger partial charge on any atom is -0.493 e. The maximum absolute atomic E-state index is 5.56. The summed E-state index contributed by atoms with van der Waals surface area (Å²) in [6.07, 6.45) is 5.42. The average Bonchev–Trinajstić information content (AvgIpc) is 2.87. The lowest BCUT2D eigenvalue weighted by atomic mass is 10.2. The van der Waals surface area contributed by atoms with Gasteiger partial charge in [0.2, 0.25) is 0 Å². The van der Waals surface area contributed by atoms with Gasteiger partial charge >= 0.3 is 0 Å². The fourth-order valence-corrected chi connectivity index (χ4v) is 2.77. The molecule has 0 aliphatic carbocycles. The topological polar surface area (TPSA) is 62.3 Å². The first-order valence-electron chi connectivity index (χ1n) is 8.06. The second-order valence-electron chi connectivity index (χ2n) is 5.47. The van der Waals surface area contributed by atoms with E-state index in [0.717, 1.165) is 73.6 Å². The number of hydrogen-bond donors (Lipinski definition) is 1. The second kappa shape index (κ2) is 8.03. The van der Waals surface area contributed by atoms with Crippen molar-refractivity contribution in [1.29, 1.82) is 0 Å². The van der Waals surface area contributed by atoms with Gasteiger partial charge in [-0.05, 0) is 25.8 Å². The van der Waals surface area contributed by atoms with Crippen LogP contribution >= 0.6 is 0 Å². The number of unbranched alkanes of at least 4 members (excludes halogenated alkanes) is 2. The highest BCUT2D eigenvalue weighted by Gasteiger charge is 2.14. The van der Waals surface area contributed by atoms with Crippen LogP contribution in [0.4, 0.5) is 0 Å². The Kier molecular flexibility index (Phi) is 6.07. The van der Waals surface area contributed by atoms with E-state index >= 15 is 0 Å². The van der Waals surface area contributed by atoms with Gasteiger partial charge < -0.3 is 19.8 Å². The lowest BCUT2D eigenvalue weighted by molar-refractivity contribution is 0.355. The molecule has 0 fully saturated rings. The number of rotatable bonds is 9. The van der Waals surface area contributed by atoms with Gasteiger partial charge in [0.1, 0.15) is 5.82 Å². The molecular weight excluding hydrogens is 278 g/mol. The second-order valence-corrected chi connectivity index (χ2v) is 5.47. The Labute approximate surface area is 132 Å². The Morgan fingerprint density at radius 2 is 1.82 bits per heavy atom. The zero-order valence-corrected chi connectivity index (χ0v) is 13.9. The van der Waals surface area contributed by atoms with Crippen molar-refractivity contribution < 1.29 is 9.47 Å². The van der Waals surface area contributed by atoms with Crippen molar-refractivity contribution in [1.82, 2.24) is 9.55 Å². The van der Waals surface area contributed by atoms with E-state index in [1.807, 2.05) is 12.1 Å². The summed E-state index contributed by atoms with van der Waals surface area (Å²) in [5.74, 6) is 2.62. The van der Waals surface area contributed by atoms with Crippen molar-refractivity contribution >= 4 is 11.0 Å². The van der Waals surface area contributed by atoms with E-state index in [-0.39, 0.29) is 0 Å². The van der Waals surface area contributed by atoms with Crippen molar-refractivity contribution in [2.24, 2.45) is 5.73 Å². The minimum atomic E-state index is 0.728. The highest BCUT2D eigenvalue weighted by atomic mass is 16.5. The molecule has 5 nitrogen and oxygen atoms in total. The highest BCUT2D eigenvalue weighted by Crippen LogP contribution is 2.32. The predicted octanol–water partition coefficient (Wildman–Crippen LogP) is 3.14. The van der Waals surface area contributed by atoms with Crippen LogP contribution in [0.5, 0.6) is 11.5 Å². The number of nitrogens with two attached hydrogens (primary N) is 1. The molecule has 122 valence electrons. The number of aromatic nitrogens is 2. The maximum Gasteiger partial charge on any atom is 0.163 e. The molecule has 0 atom stereocenters. The van der Waals surface area contributed by atoms with Gasteiger partial charge in [-0.15, -0.1) is 0 Å². The third-order valence-electron chi connectivity index (χ3n) is 3.88. The van der Waals surface area contributed by atoms with E-state index in [2.05, 4.69) is 11.5 Å². The Morgan fingerprint density at radius 3 is 2.45 bits per heavy atom. The molecule has 2 rings (SSSR count). The summed E-state index contributed by atoms with van der Waals surface area (Å²) in [5.41, 5.74) is 7.65. The Balaban J connectivity index is 2.36. The van der Waals surface area contributed by atoms with E-state index in [0.29, 0.717) is 0 Å². The standard InChI is InChI=1S/C17H27N3O2/c1-4-10-20-14-12-16(22-3)15(21-2)11-13(14)19-17(20)8-6-5-7-9-18/h11-12H,4-10,18H2,1-3H3. The molecule has 0 saturated heterocycles. The van der Waals surface area contributed by atoms with Crippen LogP contribution in [0.2, 0.25) is 0 Å². The molecule has 0 amide bonds. The van der Waals surface area contributed by atoms with E-state index < -0.39 is 0 Å². The van der Waals surface area contributed by atoms with Crippen molar-refractivity contribution in [3.8, 4) is 11.5 Å². The summed E-state index contributed by atoms with van der Waals surface area (Å²) in [4.78, 5) is 4.81. The molecule has 2 aromatic rings. The first-order valence-corrected chi connectivity index (χ1v) is 8.06. The minimum absolute atomic E-state index is 0.728. The molecule has 0 unspecified atom stereocenters. The van der Waals surface area contributed by atoms with Crippen molar-refractivity contribution in [2.45, 2.75) is 45.6 Å². The van der Waals surface area contributed by atoms with Gasteiger partial charge in [-0.1, -0.05) is 13.3 Å². The molecule has 22 heavy (non-hydrogen) atoms. The summed E-state index contributed by atoms with van der Waals surface area (Å²) in [5, 5.41) is 0. The smallest absolute Gasteiger partial charge is 0.163 e. The lowest BCUT2D eigenvalue weighted by Gasteiger charge is -2.10. The molecule has 0 aliphatic heterocycles. The molecular formula is C17H27N3O2. The number of methoxy groups -OCH3 is 2. The first-order chi connectivity index (χ1) is 10.7. The molecule has 1 aromatic carbocycles. The number of benzene rings is 1. The van der Waals surface area contributed by atoms with E-state index in [4.69, 9.17) is 20.2 Å². The SMILES string of the molecule is CCCn1c(CCCCCN)nc2cc(OC)c(OC)cc21. The Bertz CT molecular complexity index is 607. The Hall–Kier alpha value is -1.75. The van der Waals surface area contributed by atoms with Crippen molar-refractivity contribution in [3.05, 3.63) is 18.0 Å². The van der Waals surface area contributed by atoms with Crippen LogP contribution in [0.15, 0.2) is 12.1 Å². The van der Waals surface area contributed by atoms with Crippen LogP contribution in [-0.2, 0) is 13.0 Å². The first kappa shape index (κ1) is 16.6. The number of fused-ring (bicyclic) bond motifs is 1. The zero-order valence-electron chi connectivity index (χ0n) is 13.9. The predicted molar refractivity (Wildman–Crippen MR) is 89.7 cm³/mol. The van der Waals surface area contributed by atoms with Crippen molar-refractivity contribution in [2.75, 3.05) is 20.8 Å². The molecule has 5 heteroatoms. The molecule has 1 aromatic heterocycles. The van der Waals surface area contributed by atoms with Crippen LogP contribution in [0.25, 0.3) is 11.0 Å². The monoisotopic (exact) mass is 305 g/mol. The molecule has 1 heterocycles. The van der Waals surface area contributed by atoms with Gasteiger partial charge in [0.15, 0.2) is 11.5 Å². The van der Waals surface area contributed by atoms with Crippen LogP contribution < -0.4 is 15.2 Å². The van der Waals surface area contributed by atoms with E-state index in [1.54, 1.807) is 14.2 Å². The summed E-state index contributed by atoms with van der Waals surface area (Å²) >= 11 is 0. The maximum atomic E-state index is 5.56. The highest BCUT2D eigenvalue weighted by molar-refractivity contribution is 5.80. The summed E-state index contributed by atoms with van der Waals surface area (Å²) in [6.45, 7) is 3.92. The molecule has 0 saturated carbocycles.